The molecular formula is C13H14ClNO. The number of hydrogen-bond donors (Lipinski definition) is 1. The van der Waals surface area contributed by atoms with E-state index >= 15 is 0 Å². The highest BCUT2D eigenvalue weighted by atomic mass is 35.5. The minimum Gasteiger partial charge on any atom is -0.460 e. The van der Waals surface area contributed by atoms with Gasteiger partial charge in [0.1, 0.15) is 11.5 Å². The van der Waals surface area contributed by atoms with Crippen LogP contribution in [0.2, 0.25) is 5.02 Å². The normalized spacial score (nSPS) is 10.8. The van der Waals surface area contributed by atoms with Gasteiger partial charge in [0, 0.05) is 5.56 Å². The van der Waals surface area contributed by atoms with Crippen LogP contribution >= 0.6 is 11.6 Å². The lowest BCUT2D eigenvalue weighted by Crippen LogP contribution is -1.92. The van der Waals surface area contributed by atoms with Crippen molar-refractivity contribution < 1.29 is 4.42 Å². The molecule has 1 aromatic heterocycles. The van der Waals surface area contributed by atoms with Crippen LogP contribution in [0.4, 0.5) is 0 Å². The molecule has 0 bridgehead atoms. The Morgan fingerprint density at radius 1 is 1.19 bits per heavy atom. The number of benzene rings is 1. The molecule has 84 valence electrons. The van der Waals surface area contributed by atoms with Gasteiger partial charge >= 0.3 is 0 Å². The molecule has 1 aromatic carbocycles. The van der Waals surface area contributed by atoms with Crippen LogP contribution in [0.3, 0.4) is 0 Å². The van der Waals surface area contributed by atoms with E-state index in [4.69, 9.17) is 21.8 Å². The van der Waals surface area contributed by atoms with Crippen molar-refractivity contribution in [2.45, 2.75) is 20.4 Å². The Balaban J connectivity index is 2.51. The van der Waals surface area contributed by atoms with E-state index in [1.54, 1.807) is 0 Å². The standard InChI is InChI=1S/C13H14ClNO/c1-8-5-11(12(14)6-9(8)2)13-4-3-10(7-15)16-13/h3-6H,7,15H2,1-2H3. The fourth-order valence-corrected chi connectivity index (χ4v) is 1.91. The van der Waals surface area contributed by atoms with E-state index in [9.17, 15) is 0 Å². The molecule has 0 radical (unpaired) electrons. The fourth-order valence-electron chi connectivity index (χ4n) is 1.60. The monoisotopic (exact) mass is 235 g/mol. The van der Waals surface area contributed by atoms with Crippen LogP contribution in [-0.4, -0.2) is 0 Å². The first-order valence-corrected chi connectivity index (χ1v) is 5.55. The average Bonchev–Trinajstić information content (AvgIpc) is 2.71. The highest BCUT2D eigenvalue weighted by molar-refractivity contribution is 6.33. The van der Waals surface area contributed by atoms with E-state index in [0.717, 1.165) is 17.1 Å². The molecule has 0 fully saturated rings. The molecule has 2 N–H and O–H groups in total. The van der Waals surface area contributed by atoms with Crippen LogP contribution in [0.5, 0.6) is 0 Å². The van der Waals surface area contributed by atoms with Gasteiger partial charge in [-0.15, -0.1) is 0 Å². The topological polar surface area (TPSA) is 39.2 Å². The lowest BCUT2D eigenvalue weighted by molar-refractivity contribution is 0.525. The maximum atomic E-state index is 6.20. The molecule has 2 nitrogen and oxygen atoms in total. The first kappa shape index (κ1) is 11.2. The van der Waals surface area contributed by atoms with Gasteiger partial charge in [-0.05, 0) is 49.2 Å². The van der Waals surface area contributed by atoms with E-state index in [0.29, 0.717) is 11.6 Å². The van der Waals surface area contributed by atoms with Crippen molar-refractivity contribution in [3.63, 3.8) is 0 Å². The predicted octanol–water partition coefficient (Wildman–Crippen LogP) is 3.68. The molecule has 16 heavy (non-hydrogen) atoms. The van der Waals surface area contributed by atoms with Crippen LogP contribution in [0.15, 0.2) is 28.7 Å². The third kappa shape index (κ3) is 1.99. The third-order valence-electron chi connectivity index (χ3n) is 2.71. The van der Waals surface area contributed by atoms with Gasteiger partial charge < -0.3 is 10.2 Å². The quantitative estimate of drug-likeness (QED) is 0.863. The molecule has 1 heterocycles. The van der Waals surface area contributed by atoms with Crippen molar-refractivity contribution in [2.24, 2.45) is 5.73 Å². The summed E-state index contributed by atoms with van der Waals surface area (Å²) in [5.41, 5.74) is 8.81. The molecule has 0 aliphatic rings. The van der Waals surface area contributed by atoms with E-state index < -0.39 is 0 Å². The van der Waals surface area contributed by atoms with Gasteiger partial charge in [0.15, 0.2) is 0 Å². The van der Waals surface area contributed by atoms with E-state index in [2.05, 4.69) is 6.92 Å². The summed E-state index contributed by atoms with van der Waals surface area (Å²) in [6, 6.07) is 7.77. The van der Waals surface area contributed by atoms with Crippen molar-refractivity contribution >= 4 is 11.6 Å². The summed E-state index contributed by atoms with van der Waals surface area (Å²) in [7, 11) is 0. The Kier molecular flexibility index (Phi) is 3.03. The molecule has 0 spiro atoms. The number of furan rings is 1. The highest BCUT2D eigenvalue weighted by Gasteiger charge is 2.09. The van der Waals surface area contributed by atoms with E-state index in [1.165, 1.54) is 11.1 Å². The molecule has 0 atom stereocenters. The van der Waals surface area contributed by atoms with Crippen molar-refractivity contribution in [1.82, 2.24) is 0 Å². The number of nitrogens with two attached hydrogens (primary N) is 1. The second kappa shape index (κ2) is 4.32. The van der Waals surface area contributed by atoms with Crippen LogP contribution in [0, 0.1) is 13.8 Å². The Hall–Kier alpha value is -1.25. The lowest BCUT2D eigenvalue weighted by Gasteiger charge is -2.05. The summed E-state index contributed by atoms with van der Waals surface area (Å²) < 4.78 is 5.59. The number of rotatable bonds is 2. The summed E-state index contributed by atoms with van der Waals surface area (Å²) in [6.45, 7) is 4.50. The summed E-state index contributed by atoms with van der Waals surface area (Å²) in [5, 5.41) is 0.709. The van der Waals surface area contributed by atoms with Gasteiger partial charge in [0.05, 0.1) is 11.6 Å². The summed E-state index contributed by atoms with van der Waals surface area (Å²) in [4.78, 5) is 0. The Morgan fingerprint density at radius 2 is 1.88 bits per heavy atom. The van der Waals surface area contributed by atoms with Crippen molar-refractivity contribution in [3.05, 3.63) is 46.2 Å². The lowest BCUT2D eigenvalue weighted by atomic mass is 10.0. The van der Waals surface area contributed by atoms with Crippen LogP contribution in [-0.2, 0) is 6.54 Å². The highest BCUT2D eigenvalue weighted by Crippen LogP contribution is 2.31. The zero-order valence-electron chi connectivity index (χ0n) is 9.38. The fraction of sp³-hybridized carbons (Fsp3) is 0.231. The molecule has 2 aromatic rings. The SMILES string of the molecule is Cc1cc(Cl)c(-c2ccc(CN)o2)cc1C. The van der Waals surface area contributed by atoms with Crippen LogP contribution in [0.25, 0.3) is 11.3 Å². The Morgan fingerprint density at radius 3 is 2.50 bits per heavy atom. The molecule has 0 saturated carbocycles. The van der Waals surface area contributed by atoms with Gasteiger partial charge in [-0.3, -0.25) is 0 Å². The van der Waals surface area contributed by atoms with Gasteiger partial charge in [-0.1, -0.05) is 11.6 Å². The van der Waals surface area contributed by atoms with Crippen LogP contribution in [0.1, 0.15) is 16.9 Å². The Bertz CT molecular complexity index is 517. The maximum absolute atomic E-state index is 6.20. The summed E-state index contributed by atoms with van der Waals surface area (Å²) in [6.07, 6.45) is 0. The summed E-state index contributed by atoms with van der Waals surface area (Å²) >= 11 is 6.20. The molecular weight excluding hydrogens is 222 g/mol. The smallest absolute Gasteiger partial charge is 0.135 e. The van der Waals surface area contributed by atoms with Crippen molar-refractivity contribution in [2.75, 3.05) is 0 Å². The minimum atomic E-state index is 0.405. The maximum Gasteiger partial charge on any atom is 0.135 e. The van der Waals surface area contributed by atoms with Gasteiger partial charge in [0.2, 0.25) is 0 Å². The first-order valence-electron chi connectivity index (χ1n) is 5.17. The molecule has 0 unspecified atom stereocenters. The van der Waals surface area contributed by atoms with E-state index in [1.807, 2.05) is 31.2 Å². The molecule has 0 aliphatic carbocycles. The number of hydrogen-bond acceptors (Lipinski definition) is 2. The van der Waals surface area contributed by atoms with Gasteiger partial charge in [-0.2, -0.15) is 0 Å². The Labute approximate surface area is 100 Å². The zero-order valence-corrected chi connectivity index (χ0v) is 10.1. The zero-order chi connectivity index (χ0) is 11.7. The second-order valence-electron chi connectivity index (χ2n) is 3.89. The third-order valence-corrected chi connectivity index (χ3v) is 3.02. The van der Waals surface area contributed by atoms with Gasteiger partial charge in [-0.25, -0.2) is 0 Å². The molecule has 3 heteroatoms. The summed E-state index contributed by atoms with van der Waals surface area (Å²) in [5.74, 6) is 1.54. The molecule has 0 aliphatic heterocycles. The molecule has 0 amide bonds. The van der Waals surface area contributed by atoms with Crippen LogP contribution < -0.4 is 5.73 Å². The average molecular weight is 236 g/mol. The number of halogens is 1. The van der Waals surface area contributed by atoms with Crippen molar-refractivity contribution in [3.8, 4) is 11.3 Å². The van der Waals surface area contributed by atoms with E-state index in [-0.39, 0.29) is 0 Å². The van der Waals surface area contributed by atoms with Gasteiger partial charge in [0.25, 0.3) is 0 Å². The second-order valence-corrected chi connectivity index (χ2v) is 4.29. The molecule has 2 rings (SSSR count). The predicted molar refractivity (Wildman–Crippen MR) is 66.5 cm³/mol. The first-order chi connectivity index (χ1) is 7.61. The number of aryl methyl sites for hydroxylation is 2. The minimum absolute atomic E-state index is 0.405. The van der Waals surface area contributed by atoms with Crippen molar-refractivity contribution in [1.29, 1.82) is 0 Å². The largest absolute Gasteiger partial charge is 0.460 e. The molecule has 0 saturated heterocycles.